The Morgan fingerprint density at radius 2 is 1.71 bits per heavy atom. The summed E-state index contributed by atoms with van der Waals surface area (Å²) < 4.78 is 39.6. The molecule has 0 N–H and O–H groups in total. The van der Waals surface area contributed by atoms with E-state index in [1.807, 2.05) is 0 Å². The number of benzene rings is 2. The molecule has 0 heterocycles. The van der Waals surface area contributed by atoms with Gasteiger partial charge in [0.25, 0.3) is 5.91 Å². The molecule has 0 atom stereocenters. The largest absolute Gasteiger partial charge is 0.337 e. The summed E-state index contributed by atoms with van der Waals surface area (Å²) in [6, 6.07) is 6.98. The van der Waals surface area contributed by atoms with Gasteiger partial charge in [-0.15, -0.1) is 0 Å². The van der Waals surface area contributed by atoms with Crippen molar-refractivity contribution < 1.29 is 18.0 Å². The summed E-state index contributed by atoms with van der Waals surface area (Å²) in [6.07, 6.45) is 0. The zero-order chi connectivity index (χ0) is 15.6. The zero-order valence-corrected chi connectivity index (χ0v) is 11.8. The molecule has 1 amide bonds. The predicted molar refractivity (Wildman–Crippen MR) is 73.6 cm³/mol. The topological polar surface area (TPSA) is 20.3 Å². The number of carbonyl (C=O) groups excluding carboxylic acids is 1. The van der Waals surface area contributed by atoms with E-state index in [1.165, 1.54) is 30.1 Å². The quantitative estimate of drug-likeness (QED) is 0.838. The van der Waals surface area contributed by atoms with Gasteiger partial charge in [0.2, 0.25) is 0 Å². The van der Waals surface area contributed by atoms with Gasteiger partial charge in [0.05, 0.1) is 5.56 Å². The highest BCUT2D eigenvalue weighted by atomic mass is 35.5. The smallest absolute Gasteiger partial charge is 0.256 e. The maximum absolute atomic E-state index is 13.6. The van der Waals surface area contributed by atoms with Crippen LogP contribution in [0, 0.1) is 17.5 Å². The molecule has 110 valence electrons. The predicted octanol–water partition coefficient (Wildman–Crippen LogP) is 4.03. The number of rotatable bonds is 3. The third kappa shape index (κ3) is 3.55. The molecule has 2 aromatic rings. The normalized spacial score (nSPS) is 10.5. The van der Waals surface area contributed by atoms with E-state index < -0.39 is 23.4 Å². The number of amides is 1. The fraction of sp³-hybridized carbons (Fsp3) is 0.133. The van der Waals surface area contributed by atoms with Crippen LogP contribution in [0.1, 0.15) is 15.9 Å². The molecule has 0 aliphatic carbocycles. The summed E-state index contributed by atoms with van der Waals surface area (Å²) in [5.74, 6) is -3.25. The Kier molecular flexibility index (Phi) is 4.53. The fourth-order valence-electron chi connectivity index (χ4n) is 1.85. The Bertz CT molecular complexity index is 691. The van der Waals surface area contributed by atoms with Gasteiger partial charge in [-0.25, -0.2) is 13.2 Å². The van der Waals surface area contributed by atoms with Crippen molar-refractivity contribution in [2.45, 2.75) is 6.54 Å². The van der Waals surface area contributed by atoms with Gasteiger partial charge < -0.3 is 4.90 Å². The van der Waals surface area contributed by atoms with E-state index in [4.69, 9.17) is 11.6 Å². The van der Waals surface area contributed by atoms with Crippen LogP contribution in [0.25, 0.3) is 0 Å². The fourth-order valence-corrected chi connectivity index (χ4v) is 2.02. The van der Waals surface area contributed by atoms with Crippen molar-refractivity contribution in [3.63, 3.8) is 0 Å². The summed E-state index contributed by atoms with van der Waals surface area (Å²) in [4.78, 5) is 13.3. The summed E-state index contributed by atoms with van der Waals surface area (Å²) in [5, 5.41) is 0.237. The van der Waals surface area contributed by atoms with Crippen LogP contribution in [-0.4, -0.2) is 17.9 Å². The van der Waals surface area contributed by atoms with Gasteiger partial charge in [0.15, 0.2) is 11.6 Å². The van der Waals surface area contributed by atoms with Gasteiger partial charge in [-0.1, -0.05) is 17.7 Å². The van der Waals surface area contributed by atoms with Crippen LogP contribution >= 0.6 is 11.6 Å². The molecule has 2 nitrogen and oxygen atoms in total. The maximum Gasteiger partial charge on any atom is 0.256 e. The Morgan fingerprint density at radius 3 is 2.38 bits per heavy atom. The molecule has 0 saturated carbocycles. The van der Waals surface area contributed by atoms with Crippen molar-refractivity contribution in [3.8, 4) is 0 Å². The van der Waals surface area contributed by atoms with E-state index >= 15 is 0 Å². The lowest BCUT2D eigenvalue weighted by molar-refractivity contribution is 0.0780. The van der Waals surface area contributed by atoms with E-state index in [1.54, 1.807) is 0 Å². The van der Waals surface area contributed by atoms with Crippen molar-refractivity contribution in [1.29, 1.82) is 0 Å². The van der Waals surface area contributed by atoms with Crippen molar-refractivity contribution in [1.82, 2.24) is 4.90 Å². The minimum absolute atomic E-state index is 0.0159. The molecule has 0 aromatic heterocycles. The SMILES string of the molecule is CN(Cc1ccc(F)c(F)c1)C(=O)c1cc(Cl)ccc1F. The van der Waals surface area contributed by atoms with Gasteiger partial charge >= 0.3 is 0 Å². The van der Waals surface area contributed by atoms with Gasteiger partial charge in [-0.3, -0.25) is 4.79 Å². The molecule has 0 spiro atoms. The first kappa shape index (κ1) is 15.4. The molecular weight excluding hydrogens is 303 g/mol. The second kappa shape index (κ2) is 6.18. The second-order valence-corrected chi connectivity index (χ2v) is 4.97. The maximum atomic E-state index is 13.6. The first-order chi connectivity index (χ1) is 9.88. The Labute approximate surface area is 124 Å². The molecule has 0 aliphatic heterocycles. The van der Waals surface area contributed by atoms with E-state index in [-0.39, 0.29) is 17.1 Å². The number of halogens is 4. The first-order valence-electron chi connectivity index (χ1n) is 6.03. The molecule has 0 fully saturated rings. The van der Waals surface area contributed by atoms with Gasteiger partial charge in [-0.2, -0.15) is 0 Å². The second-order valence-electron chi connectivity index (χ2n) is 4.53. The molecule has 0 aliphatic rings. The minimum atomic E-state index is -0.998. The highest BCUT2D eigenvalue weighted by Gasteiger charge is 2.17. The summed E-state index contributed by atoms with van der Waals surface area (Å²) in [7, 11) is 1.43. The van der Waals surface area contributed by atoms with Crippen molar-refractivity contribution in [3.05, 3.63) is 70.0 Å². The van der Waals surface area contributed by atoms with Crippen LogP contribution in [0.5, 0.6) is 0 Å². The van der Waals surface area contributed by atoms with Gasteiger partial charge in [-0.05, 0) is 35.9 Å². The molecule has 0 unspecified atom stereocenters. The molecule has 21 heavy (non-hydrogen) atoms. The van der Waals surface area contributed by atoms with E-state index in [9.17, 15) is 18.0 Å². The van der Waals surface area contributed by atoms with Crippen LogP contribution in [0.3, 0.4) is 0 Å². The highest BCUT2D eigenvalue weighted by molar-refractivity contribution is 6.30. The lowest BCUT2D eigenvalue weighted by atomic mass is 10.1. The van der Waals surface area contributed by atoms with Gasteiger partial charge in [0.1, 0.15) is 5.82 Å². The van der Waals surface area contributed by atoms with Crippen molar-refractivity contribution >= 4 is 17.5 Å². The van der Waals surface area contributed by atoms with Crippen LogP contribution in [0.4, 0.5) is 13.2 Å². The lowest BCUT2D eigenvalue weighted by Gasteiger charge is -2.18. The summed E-state index contributed by atoms with van der Waals surface area (Å²) in [5.41, 5.74) is 0.222. The van der Waals surface area contributed by atoms with Crippen molar-refractivity contribution in [2.24, 2.45) is 0 Å². The lowest BCUT2D eigenvalue weighted by Crippen LogP contribution is -2.27. The first-order valence-corrected chi connectivity index (χ1v) is 6.40. The Balaban J connectivity index is 2.19. The third-order valence-electron chi connectivity index (χ3n) is 2.91. The minimum Gasteiger partial charge on any atom is -0.337 e. The molecule has 2 rings (SSSR count). The standard InChI is InChI=1S/C15H11ClF3NO/c1-20(8-9-2-4-13(18)14(19)6-9)15(21)11-7-10(16)3-5-12(11)17/h2-7H,8H2,1H3. The molecule has 2 aromatic carbocycles. The average Bonchev–Trinajstić information content (AvgIpc) is 2.44. The number of hydrogen-bond acceptors (Lipinski definition) is 1. The number of nitrogens with zero attached hydrogens (tertiary/aromatic N) is 1. The molecule has 0 bridgehead atoms. The van der Waals surface area contributed by atoms with Crippen molar-refractivity contribution in [2.75, 3.05) is 7.05 Å². The molecule has 6 heteroatoms. The highest BCUT2D eigenvalue weighted by Crippen LogP contribution is 2.18. The summed E-state index contributed by atoms with van der Waals surface area (Å²) >= 11 is 5.74. The monoisotopic (exact) mass is 313 g/mol. The van der Waals surface area contributed by atoms with Crippen LogP contribution in [0.2, 0.25) is 5.02 Å². The average molecular weight is 314 g/mol. The zero-order valence-electron chi connectivity index (χ0n) is 11.0. The van der Waals surface area contributed by atoms with E-state index in [0.717, 1.165) is 18.2 Å². The van der Waals surface area contributed by atoms with Gasteiger partial charge in [0, 0.05) is 18.6 Å². The van der Waals surface area contributed by atoms with Crippen LogP contribution in [0.15, 0.2) is 36.4 Å². The molecular formula is C15H11ClF3NO. The molecule has 0 saturated heterocycles. The Hall–Kier alpha value is -2.01. The summed E-state index contributed by atoms with van der Waals surface area (Å²) in [6.45, 7) is 0.0159. The van der Waals surface area contributed by atoms with Crippen LogP contribution in [-0.2, 0) is 6.54 Å². The molecule has 0 radical (unpaired) electrons. The third-order valence-corrected chi connectivity index (χ3v) is 3.14. The van der Waals surface area contributed by atoms with E-state index in [0.29, 0.717) is 5.56 Å². The van der Waals surface area contributed by atoms with Crippen LogP contribution < -0.4 is 0 Å². The van der Waals surface area contributed by atoms with E-state index in [2.05, 4.69) is 0 Å². The number of carbonyl (C=O) groups is 1. The number of hydrogen-bond donors (Lipinski definition) is 0. The Morgan fingerprint density at radius 1 is 1.05 bits per heavy atom.